The first kappa shape index (κ1) is 5.61. The van der Waals surface area contributed by atoms with E-state index < -0.39 is 10.9 Å². The fourth-order valence-electron chi connectivity index (χ4n) is 0.349. The lowest BCUT2D eigenvalue weighted by Crippen LogP contribution is -1.93. The molecule has 5 nitrogen and oxygen atoms in total. The molecule has 0 N–H and O–H groups in total. The second-order valence-corrected chi connectivity index (χ2v) is 1.24. The standard InChI is InChI=1S/C4H2N3O2/c8-7(9)4-5-2-1-3-6-4/h1-2H. The summed E-state index contributed by atoms with van der Waals surface area (Å²) in [5.41, 5.74) is 0. The highest BCUT2D eigenvalue weighted by Gasteiger charge is 2.03. The fraction of sp³-hybridized carbons (Fsp3) is 0. The summed E-state index contributed by atoms with van der Waals surface area (Å²) >= 11 is 0. The summed E-state index contributed by atoms with van der Waals surface area (Å²) in [6.45, 7) is 0. The SMILES string of the molecule is O=[N+]([O-])c1n[c]ccn1. The van der Waals surface area contributed by atoms with Crippen LogP contribution in [0, 0.1) is 16.3 Å². The first-order valence-corrected chi connectivity index (χ1v) is 2.14. The summed E-state index contributed by atoms with van der Waals surface area (Å²) in [5.74, 6) is -0.419. The van der Waals surface area contributed by atoms with E-state index in [-0.39, 0.29) is 0 Å². The van der Waals surface area contributed by atoms with Gasteiger partial charge in [0.05, 0.1) is 0 Å². The lowest BCUT2D eigenvalue weighted by molar-refractivity contribution is -0.394. The van der Waals surface area contributed by atoms with E-state index >= 15 is 0 Å². The third-order valence-electron chi connectivity index (χ3n) is 0.667. The Hall–Kier alpha value is -1.52. The van der Waals surface area contributed by atoms with Gasteiger partial charge < -0.3 is 10.1 Å². The summed E-state index contributed by atoms with van der Waals surface area (Å²) < 4.78 is 0. The number of aromatic nitrogens is 2. The van der Waals surface area contributed by atoms with E-state index in [0.29, 0.717) is 0 Å². The van der Waals surface area contributed by atoms with Gasteiger partial charge in [0.2, 0.25) is 0 Å². The maximum Gasteiger partial charge on any atom is 0.469 e. The molecule has 0 unspecified atom stereocenters. The Morgan fingerprint density at radius 3 is 2.89 bits per heavy atom. The molecule has 0 atom stereocenters. The van der Waals surface area contributed by atoms with E-state index in [2.05, 4.69) is 16.2 Å². The Kier molecular flexibility index (Phi) is 1.35. The van der Waals surface area contributed by atoms with Gasteiger partial charge in [-0.25, -0.2) is 0 Å². The lowest BCUT2D eigenvalue weighted by atomic mass is 10.7. The summed E-state index contributed by atoms with van der Waals surface area (Å²) in [5, 5.41) is 9.86. The molecule has 0 aliphatic heterocycles. The van der Waals surface area contributed by atoms with Crippen molar-refractivity contribution in [2.45, 2.75) is 0 Å². The van der Waals surface area contributed by atoms with Crippen LogP contribution in [0.25, 0.3) is 0 Å². The van der Waals surface area contributed by atoms with Crippen LogP contribution in [0.5, 0.6) is 0 Å². The predicted octanol–water partition coefficient (Wildman–Crippen LogP) is 0.185. The minimum atomic E-state index is -0.670. The maximum atomic E-state index is 9.86. The molecule has 0 saturated carbocycles. The molecule has 9 heavy (non-hydrogen) atoms. The van der Waals surface area contributed by atoms with E-state index in [0.717, 1.165) is 0 Å². The summed E-state index contributed by atoms with van der Waals surface area (Å²) in [6.07, 6.45) is 3.56. The highest BCUT2D eigenvalue weighted by Crippen LogP contribution is 1.95. The molecule has 45 valence electrons. The quantitative estimate of drug-likeness (QED) is 0.395. The molecule has 0 saturated heterocycles. The molecule has 0 aromatic carbocycles. The number of hydrogen-bond donors (Lipinski definition) is 0. The van der Waals surface area contributed by atoms with Crippen LogP contribution in [0.2, 0.25) is 0 Å². The zero-order valence-electron chi connectivity index (χ0n) is 4.31. The Bertz CT molecular complexity index is 210. The van der Waals surface area contributed by atoms with Crippen LogP contribution in [0.1, 0.15) is 0 Å². The molecule has 0 bridgehead atoms. The van der Waals surface area contributed by atoms with Crippen molar-refractivity contribution in [1.29, 1.82) is 0 Å². The van der Waals surface area contributed by atoms with Gasteiger partial charge in [-0.05, 0) is 4.92 Å². The third kappa shape index (κ3) is 1.18. The van der Waals surface area contributed by atoms with Crippen molar-refractivity contribution in [1.82, 2.24) is 9.97 Å². The first-order chi connectivity index (χ1) is 4.30. The predicted molar refractivity (Wildman–Crippen MR) is 27.5 cm³/mol. The Labute approximate surface area is 50.5 Å². The maximum absolute atomic E-state index is 9.86. The molecule has 0 aliphatic carbocycles. The van der Waals surface area contributed by atoms with Crippen LogP contribution in [-0.2, 0) is 0 Å². The Morgan fingerprint density at radius 1 is 1.78 bits per heavy atom. The van der Waals surface area contributed by atoms with Gasteiger partial charge in [-0.3, -0.25) is 0 Å². The largest absolute Gasteiger partial charge is 0.469 e. The average molecular weight is 124 g/mol. The highest BCUT2D eigenvalue weighted by atomic mass is 16.6. The van der Waals surface area contributed by atoms with Crippen molar-refractivity contribution in [2.24, 2.45) is 0 Å². The van der Waals surface area contributed by atoms with Crippen molar-refractivity contribution in [3.8, 4) is 0 Å². The van der Waals surface area contributed by atoms with Crippen LogP contribution < -0.4 is 0 Å². The normalized spacial score (nSPS) is 8.89. The molecule has 5 heteroatoms. The van der Waals surface area contributed by atoms with Gasteiger partial charge in [0.25, 0.3) is 0 Å². The monoisotopic (exact) mass is 124 g/mol. The number of rotatable bonds is 1. The average Bonchev–Trinajstić information content (AvgIpc) is 1.90. The van der Waals surface area contributed by atoms with E-state index in [1.807, 2.05) is 0 Å². The molecule has 0 aliphatic rings. The number of nitro groups is 1. The van der Waals surface area contributed by atoms with Gasteiger partial charge in [0.1, 0.15) is 6.20 Å². The van der Waals surface area contributed by atoms with Crippen molar-refractivity contribution in [3.05, 3.63) is 28.6 Å². The van der Waals surface area contributed by atoms with E-state index in [1.165, 1.54) is 12.3 Å². The molecule has 1 aromatic rings. The van der Waals surface area contributed by atoms with Crippen LogP contribution >= 0.6 is 0 Å². The molecule has 1 aromatic heterocycles. The highest BCUT2D eigenvalue weighted by molar-refractivity contribution is 4.99. The Morgan fingerprint density at radius 2 is 2.56 bits per heavy atom. The zero-order chi connectivity index (χ0) is 6.69. The minimum Gasteiger partial charge on any atom is -0.390 e. The van der Waals surface area contributed by atoms with Gasteiger partial charge in [-0.1, -0.05) is 9.97 Å². The smallest absolute Gasteiger partial charge is 0.390 e. The molecular weight excluding hydrogens is 122 g/mol. The summed E-state index contributed by atoms with van der Waals surface area (Å²) in [4.78, 5) is 15.8. The molecule has 1 radical (unpaired) electrons. The lowest BCUT2D eigenvalue weighted by Gasteiger charge is -1.85. The molecule has 0 spiro atoms. The summed E-state index contributed by atoms with van der Waals surface area (Å²) in [6, 6.07) is 1.40. The van der Waals surface area contributed by atoms with Crippen molar-refractivity contribution >= 4 is 5.95 Å². The minimum absolute atomic E-state index is 0.419. The van der Waals surface area contributed by atoms with Gasteiger partial charge in [0.15, 0.2) is 6.20 Å². The molecular formula is C4H2N3O2. The molecule has 0 fully saturated rings. The van der Waals surface area contributed by atoms with E-state index in [9.17, 15) is 10.1 Å². The van der Waals surface area contributed by atoms with Crippen molar-refractivity contribution in [3.63, 3.8) is 0 Å². The number of hydrogen-bond acceptors (Lipinski definition) is 4. The van der Waals surface area contributed by atoms with Gasteiger partial charge in [-0.15, -0.1) is 0 Å². The summed E-state index contributed by atoms with van der Waals surface area (Å²) in [7, 11) is 0. The zero-order valence-corrected chi connectivity index (χ0v) is 4.31. The second-order valence-electron chi connectivity index (χ2n) is 1.24. The second kappa shape index (κ2) is 2.17. The Balaban J connectivity index is 2.98. The van der Waals surface area contributed by atoms with E-state index in [1.54, 1.807) is 0 Å². The fourth-order valence-corrected chi connectivity index (χ4v) is 0.349. The molecule has 1 rings (SSSR count). The van der Waals surface area contributed by atoms with Gasteiger partial charge in [-0.2, -0.15) is 0 Å². The van der Waals surface area contributed by atoms with Crippen molar-refractivity contribution < 1.29 is 4.92 Å². The third-order valence-corrected chi connectivity index (χ3v) is 0.667. The van der Waals surface area contributed by atoms with Crippen LogP contribution in [0.3, 0.4) is 0 Å². The van der Waals surface area contributed by atoms with Gasteiger partial charge in [0, 0.05) is 6.07 Å². The van der Waals surface area contributed by atoms with E-state index in [4.69, 9.17) is 0 Å². The number of nitrogens with zero attached hydrogens (tertiary/aromatic N) is 3. The topological polar surface area (TPSA) is 68.9 Å². The van der Waals surface area contributed by atoms with Crippen molar-refractivity contribution in [2.75, 3.05) is 0 Å². The first-order valence-electron chi connectivity index (χ1n) is 2.14. The van der Waals surface area contributed by atoms with Crippen LogP contribution in [0.15, 0.2) is 12.3 Å². The van der Waals surface area contributed by atoms with Crippen LogP contribution in [-0.4, -0.2) is 14.9 Å². The van der Waals surface area contributed by atoms with Gasteiger partial charge >= 0.3 is 5.95 Å². The van der Waals surface area contributed by atoms with Crippen LogP contribution in [0.4, 0.5) is 5.95 Å². The molecule has 1 heterocycles. The molecule has 0 amide bonds.